The summed E-state index contributed by atoms with van der Waals surface area (Å²) in [5.41, 5.74) is 2.59. The van der Waals surface area contributed by atoms with E-state index in [0.717, 1.165) is 6.54 Å². The summed E-state index contributed by atoms with van der Waals surface area (Å²) in [6.45, 7) is 1.15. The van der Waals surface area contributed by atoms with Gasteiger partial charge in [-0.2, -0.15) is 0 Å². The topological polar surface area (TPSA) is 27.8 Å². The highest BCUT2D eigenvalue weighted by molar-refractivity contribution is 5.80. The molecule has 1 atom stereocenters. The van der Waals surface area contributed by atoms with Crippen LogP contribution < -0.4 is 5.32 Å². The third kappa shape index (κ3) is 1.65. The summed E-state index contributed by atoms with van der Waals surface area (Å²) >= 11 is 0. The Bertz CT molecular complexity index is 419. The molecule has 3 rings (SSSR count). The second-order valence-corrected chi connectivity index (χ2v) is 4.31. The Morgan fingerprint density at radius 2 is 2.07 bits per heavy atom. The molecule has 1 fully saturated rings. The first-order valence-corrected chi connectivity index (χ1v) is 5.74. The lowest BCUT2D eigenvalue weighted by molar-refractivity contribution is 0.407. The average Bonchev–Trinajstić information content (AvgIpc) is 2.74. The summed E-state index contributed by atoms with van der Waals surface area (Å²) in [5, 5.41) is 4.88. The van der Waals surface area contributed by atoms with Crippen LogP contribution in [0, 0.1) is 0 Å². The normalized spacial score (nSPS) is 22.0. The van der Waals surface area contributed by atoms with E-state index in [2.05, 4.69) is 40.6 Å². The van der Waals surface area contributed by atoms with Crippen molar-refractivity contribution in [2.75, 3.05) is 6.54 Å². The molecule has 1 aliphatic heterocycles. The summed E-state index contributed by atoms with van der Waals surface area (Å²) in [6, 6.07) is 11.3. The van der Waals surface area contributed by atoms with Gasteiger partial charge in [0.25, 0.3) is 0 Å². The third-order valence-electron chi connectivity index (χ3n) is 3.24. The molecule has 0 aliphatic carbocycles. The molecule has 2 N–H and O–H groups in total. The van der Waals surface area contributed by atoms with E-state index in [1.54, 1.807) is 0 Å². The number of hydrogen-bond acceptors (Lipinski definition) is 1. The van der Waals surface area contributed by atoms with Gasteiger partial charge >= 0.3 is 0 Å². The molecule has 0 spiro atoms. The number of aromatic nitrogens is 1. The van der Waals surface area contributed by atoms with E-state index in [1.807, 2.05) is 0 Å². The molecule has 78 valence electrons. The van der Waals surface area contributed by atoms with Gasteiger partial charge in [-0.3, -0.25) is 0 Å². The van der Waals surface area contributed by atoms with E-state index in [9.17, 15) is 0 Å². The highest BCUT2D eigenvalue weighted by Crippen LogP contribution is 2.25. The van der Waals surface area contributed by atoms with Crippen LogP contribution >= 0.6 is 0 Å². The Balaban J connectivity index is 1.96. The van der Waals surface area contributed by atoms with Gasteiger partial charge in [-0.15, -0.1) is 0 Å². The van der Waals surface area contributed by atoms with Crippen molar-refractivity contribution < 1.29 is 0 Å². The predicted octanol–water partition coefficient (Wildman–Crippen LogP) is 2.98. The number of aromatic amines is 1. The van der Waals surface area contributed by atoms with Gasteiger partial charge in [-0.25, -0.2) is 0 Å². The molecule has 15 heavy (non-hydrogen) atoms. The summed E-state index contributed by atoms with van der Waals surface area (Å²) in [4.78, 5) is 3.50. The van der Waals surface area contributed by atoms with E-state index in [-0.39, 0.29) is 0 Å². The number of benzene rings is 1. The number of rotatable bonds is 1. The molecular weight excluding hydrogens is 184 g/mol. The van der Waals surface area contributed by atoms with Crippen molar-refractivity contribution in [1.82, 2.24) is 10.3 Å². The summed E-state index contributed by atoms with van der Waals surface area (Å²) in [5.74, 6) is 0. The SMILES string of the molecule is c1ccc2[nH]c([C@H]3CCCCN3)cc2c1. The minimum Gasteiger partial charge on any atom is -0.357 e. The number of H-pyrrole nitrogens is 1. The zero-order chi connectivity index (χ0) is 10.1. The second-order valence-electron chi connectivity index (χ2n) is 4.31. The maximum absolute atomic E-state index is 3.57. The van der Waals surface area contributed by atoms with Crippen LogP contribution in [0.5, 0.6) is 0 Å². The van der Waals surface area contributed by atoms with E-state index >= 15 is 0 Å². The third-order valence-corrected chi connectivity index (χ3v) is 3.24. The van der Waals surface area contributed by atoms with Crippen LogP contribution in [0.15, 0.2) is 30.3 Å². The summed E-state index contributed by atoms with van der Waals surface area (Å²) in [7, 11) is 0. The second kappa shape index (κ2) is 3.70. The van der Waals surface area contributed by atoms with Gasteiger partial charge in [0.2, 0.25) is 0 Å². The van der Waals surface area contributed by atoms with Gasteiger partial charge in [0.15, 0.2) is 0 Å². The maximum atomic E-state index is 3.57. The van der Waals surface area contributed by atoms with Crippen molar-refractivity contribution >= 4 is 10.9 Å². The summed E-state index contributed by atoms with van der Waals surface area (Å²) < 4.78 is 0. The van der Waals surface area contributed by atoms with Gasteiger partial charge in [-0.05, 0) is 36.9 Å². The summed E-state index contributed by atoms with van der Waals surface area (Å²) in [6.07, 6.45) is 3.91. The largest absolute Gasteiger partial charge is 0.357 e. The van der Waals surface area contributed by atoms with Crippen molar-refractivity contribution in [2.45, 2.75) is 25.3 Å². The predicted molar refractivity (Wildman–Crippen MR) is 62.9 cm³/mol. The lowest BCUT2D eigenvalue weighted by Gasteiger charge is -2.22. The van der Waals surface area contributed by atoms with E-state index in [0.29, 0.717) is 6.04 Å². The van der Waals surface area contributed by atoms with Crippen LogP contribution in [0.2, 0.25) is 0 Å². The quantitative estimate of drug-likeness (QED) is 0.727. The molecule has 2 heterocycles. The number of piperidine rings is 1. The van der Waals surface area contributed by atoms with Crippen LogP contribution in [0.3, 0.4) is 0 Å². The molecule has 0 amide bonds. The molecule has 0 unspecified atom stereocenters. The first-order chi connectivity index (χ1) is 7.43. The Morgan fingerprint density at radius 1 is 1.13 bits per heavy atom. The molecule has 0 radical (unpaired) electrons. The first kappa shape index (κ1) is 8.98. The van der Waals surface area contributed by atoms with Gasteiger partial charge in [-0.1, -0.05) is 24.6 Å². The number of para-hydroxylation sites is 1. The Morgan fingerprint density at radius 3 is 2.87 bits per heavy atom. The highest BCUT2D eigenvalue weighted by Gasteiger charge is 2.16. The standard InChI is InChI=1S/C13H16N2/c1-2-6-11-10(5-1)9-13(15-11)12-7-3-4-8-14-12/h1-2,5-6,9,12,14-15H,3-4,7-8H2/t12-/m1/s1. The Kier molecular flexibility index (Phi) is 2.22. The smallest absolute Gasteiger partial charge is 0.0473 e. The van der Waals surface area contributed by atoms with Gasteiger partial charge < -0.3 is 10.3 Å². The van der Waals surface area contributed by atoms with Crippen molar-refractivity contribution in [3.05, 3.63) is 36.0 Å². The number of nitrogens with one attached hydrogen (secondary N) is 2. The number of hydrogen-bond donors (Lipinski definition) is 2. The minimum absolute atomic E-state index is 0.533. The molecule has 1 saturated heterocycles. The molecule has 1 aromatic heterocycles. The molecule has 1 aliphatic rings. The fourth-order valence-electron chi connectivity index (χ4n) is 2.40. The fraction of sp³-hybridized carbons (Fsp3) is 0.385. The molecule has 1 aromatic carbocycles. The van der Waals surface area contributed by atoms with Crippen LogP contribution in [0.1, 0.15) is 31.0 Å². The molecule has 2 nitrogen and oxygen atoms in total. The maximum Gasteiger partial charge on any atom is 0.0473 e. The van der Waals surface area contributed by atoms with Gasteiger partial charge in [0.05, 0.1) is 0 Å². The monoisotopic (exact) mass is 200 g/mol. The van der Waals surface area contributed by atoms with Crippen molar-refractivity contribution in [3.8, 4) is 0 Å². The van der Waals surface area contributed by atoms with Crippen LogP contribution in [0.25, 0.3) is 10.9 Å². The first-order valence-electron chi connectivity index (χ1n) is 5.74. The molecule has 2 aromatic rings. The Hall–Kier alpha value is -1.28. The Labute approximate surface area is 89.7 Å². The average molecular weight is 200 g/mol. The minimum atomic E-state index is 0.533. The van der Waals surface area contributed by atoms with Crippen LogP contribution in [-0.2, 0) is 0 Å². The van der Waals surface area contributed by atoms with Crippen LogP contribution in [-0.4, -0.2) is 11.5 Å². The molecular formula is C13H16N2. The lowest BCUT2D eigenvalue weighted by Crippen LogP contribution is -2.26. The van der Waals surface area contributed by atoms with E-state index in [4.69, 9.17) is 0 Å². The zero-order valence-corrected chi connectivity index (χ0v) is 8.79. The highest BCUT2D eigenvalue weighted by atomic mass is 14.9. The molecule has 0 bridgehead atoms. The van der Waals surface area contributed by atoms with Crippen molar-refractivity contribution in [3.63, 3.8) is 0 Å². The fourth-order valence-corrected chi connectivity index (χ4v) is 2.40. The van der Waals surface area contributed by atoms with Crippen molar-refractivity contribution in [2.24, 2.45) is 0 Å². The van der Waals surface area contributed by atoms with Crippen LogP contribution in [0.4, 0.5) is 0 Å². The van der Waals surface area contributed by atoms with E-state index in [1.165, 1.54) is 35.9 Å². The van der Waals surface area contributed by atoms with E-state index < -0.39 is 0 Å². The lowest BCUT2D eigenvalue weighted by atomic mass is 10.0. The van der Waals surface area contributed by atoms with Crippen molar-refractivity contribution in [1.29, 1.82) is 0 Å². The van der Waals surface area contributed by atoms with Gasteiger partial charge in [0.1, 0.15) is 0 Å². The zero-order valence-electron chi connectivity index (χ0n) is 8.79. The molecule has 2 heteroatoms. The molecule has 0 saturated carbocycles. The number of fused-ring (bicyclic) bond motifs is 1. The van der Waals surface area contributed by atoms with Gasteiger partial charge in [0, 0.05) is 17.3 Å².